The summed E-state index contributed by atoms with van der Waals surface area (Å²) < 4.78 is 2.29. The Morgan fingerprint density at radius 3 is 3.15 bits per heavy atom. The number of rotatable bonds is 5. The molecule has 0 saturated carbocycles. The number of nitrogens with zero attached hydrogens (tertiary/aromatic N) is 2. The minimum Gasteiger partial charge on any atom is -0.335 e. The molecule has 1 N–H and O–H groups in total. The molecule has 0 fully saturated rings. The molecule has 106 valence electrons. The predicted molar refractivity (Wildman–Crippen MR) is 81.7 cm³/mol. The number of benzene rings is 1. The third-order valence-corrected chi connectivity index (χ3v) is 4.18. The number of nitrogens with one attached hydrogen (secondary N) is 1. The summed E-state index contributed by atoms with van der Waals surface area (Å²) in [5, 5.41) is 3.53. The Bertz CT molecular complexity index is 559. The largest absolute Gasteiger partial charge is 0.335 e. The molecule has 2 aromatic rings. The molecule has 0 aliphatic carbocycles. The van der Waals surface area contributed by atoms with E-state index in [1.807, 2.05) is 6.20 Å². The molecule has 1 aromatic heterocycles. The second-order valence-electron chi connectivity index (χ2n) is 5.60. The summed E-state index contributed by atoms with van der Waals surface area (Å²) in [6.07, 6.45) is 7.43. The highest BCUT2D eigenvalue weighted by Gasteiger charge is 2.19. The van der Waals surface area contributed by atoms with Gasteiger partial charge in [0, 0.05) is 38.4 Å². The Labute approximate surface area is 121 Å². The first-order valence-corrected chi connectivity index (χ1v) is 7.67. The van der Waals surface area contributed by atoms with Crippen molar-refractivity contribution in [1.29, 1.82) is 0 Å². The van der Waals surface area contributed by atoms with Crippen LogP contribution in [0.25, 0.3) is 0 Å². The second-order valence-corrected chi connectivity index (χ2v) is 5.60. The first-order valence-electron chi connectivity index (χ1n) is 7.67. The molecule has 1 aliphatic heterocycles. The van der Waals surface area contributed by atoms with E-state index in [4.69, 9.17) is 0 Å². The van der Waals surface area contributed by atoms with Crippen molar-refractivity contribution in [3.8, 4) is 0 Å². The average molecular weight is 269 g/mol. The highest BCUT2D eigenvalue weighted by molar-refractivity contribution is 5.32. The van der Waals surface area contributed by atoms with Gasteiger partial charge in [-0.05, 0) is 29.9 Å². The van der Waals surface area contributed by atoms with Gasteiger partial charge in [-0.15, -0.1) is 0 Å². The lowest BCUT2D eigenvalue weighted by Crippen LogP contribution is -2.28. The highest BCUT2D eigenvalue weighted by atomic mass is 15.1. The lowest BCUT2D eigenvalue weighted by atomic mass is 9.87. The molecule has 3 heteroatoms. The molecule has 0 bridgehead atoms. The summed E-state index contributed by atoms with van der Waals surface area (Å²) in [6.45, 7) is 5.39. The van der Waals surface area contributed by atoms with Crippen LogP contribution in [0.4, 0.5) is 0 Å². The van der Waals surface area contributed by atoms with Crippen molar-refractivity contribution in [2.45, 2.75) is 45.2 Å². The molecule has 0 saturated heterocycles. The monoisotopic (exact) mass is 269 g/mol. The Morgan fingerprint density at radius 2 is 2.25 bits per heavy atom. The van der Waals surface area contributed by atoms with Crippen LogP contribution in [0, 0.1) is 0 Å². The smallest absolute Gasteiger partial charge is 0.108 e. The van der Waals surface area contributed by atoms with Crippen LogP contribution in [-0.4, -0.2) is 16.1 Å². The van der Waals surface area contributed by atoms with Gasteiger partial charge < -0.3 is 9.88 Å². The van der Waals surface area contributed by atoms with E-state index in [0.717, 1.165) is 32.5 Å². The van der Waals surface area contributed by atoms with Gasteiger partial charge in [0.25, 0.3) is 0 Å². The van der Waals surface area contributed by atoms with E-state index in [0.29, 0.717) is 5.92 Å². The Morgan fingerprint density at radius 1 is 1.35 bits per heavy atom. The van der Waals surface area contributed by atoms with Crippen molar-refractivity contribution in [3.05, 3.63) is 53.6 Å². The Balaban J connectivity index is 1.69. The van der Waals surface area contributed by atoms with Crippen LogP contribution in [0.5, 0.6) is 0 Å². The fraction of sp³-hybridized carbons (Fsp3) is 0.471. The van der Waals surface area contributed by atoms with Crippen molar-refractivity contribution >= 4 is 0 Å². The van der Waals surface area contributed by atoms with Crippen molar-refractivity contribution < 1.29 is 0 Å². The van der Waals surface area contributed by atoms with Gasteiger partial charge in [0.05, 0.1) is 0 Å². The number of imidazole rings is 1. The first kappa shape index (κ1) is 13.4. The van der Waals surface area contributed by atoms with Gasteiger partial charge in [0.2, 0.25) is 0 Å². The van der Waals surface area contributed by atoms with Crippen LogP contribution in [0.15, 0.2) is 36.7 Å². The highest BCUT2D eigenvalue weighted by Crippen LogP contribution is 2.27. The molecule has 0 radical (unpaired) electrons. The molecular weight excluding hydrogens is 246 g/mol. The maximum absolute atomic E-state index is 4.52. The van der Waals surface area contributed by atoms with Gasteiger partial charge in [-0.25, -0.2) is 4.98 Å². The van der Waals surface area contributed by atoms with Crippen LogP contribution < -0.4 is 5.32 Å². The standard InChI is InChI=1S/C17H23N3/c1-2-10-20-11-9-19-17(20)8-7-15-13-18-12-14-5-3-4-6-16(14)15/h3-6,9,11,15,18H,2,7-8,10,12-13H2,1H3. The molecule has 0 amide bonds. The number of hydrogen-bond acceptors (Lipinski definition) is 2. The molecule has 3 nitrogen and oxygen atoms in total. The summed E-state index contributed by atoms with van der Waals surface area (Å²) >= 11 is 0. The summed E-state index contributed by atoms with van der Waals surface area (Å²) in [5.74, 6) is 1.85. The molecule has 1 atom stereocenters. The van der Waals surface area contributed by atoms with Crippen LogP contribution in [-0.2, 0) is 19.5 Å². The zero-order valence-electron chi connectivity index (χ0n) is 12.2. The van der Waals surface area contributed by atoms with Crippen molar-refractivity contribution in [2.75, 3.05) is 6.54 Å². The van der Waals surface area contributed by atoms with Crippen molar-refractivity contribution in [3.63, 3.8) is 0 Å². The van der Waals surface area contributed by atoms with E-state index < -0.39 is 0 Å². The molecular formula is C17H23N3. The van der Waals surface area contributed by atoms with E-state index in [9.17, 15) is 0 Å². The van der Waals surface area contributed by atoms with Crippen molar-refractivity contribution in [2.24, 2.45) is 0 Å². The van der Waals surface area contributed by atoms with E-state index in [2.05, 4.69) is 52.3 Å². The van der Waals surface area contributed by atoms with Crippen molar-refractivity contribution in [1.82, 2.24) is 14.9 Å². The second kappa shape index (κ2) is 6.23. The Kier molecular flexibility index (Phi) is 4.16. The average Bonchev–Trinajstić information content (AvgIpc) is 2.93. The molecule has 1 aromatic carbocycles. The van der Waals surface area contributed by atoms with Crippen LogP contribution >= 0.6 is 0 Å². The van der Waals surface area contributed by atoms with Gasteiger partial charge in [0.15, 0.2) is 0 Å². The quantitative estimate of drug-likeness (QED) is 0.904. The zero-order chi connectivity index (χ0) is 13.8. The molecule has 3 rings (SSSR count). The Hall–Kier alpha value is -1.61. The number of aromatic nitrogens is 2. The van der Waals surface area contributed by atoms with Gasteiger partial charge >= 0.3 is 0 Å². The molecule has 0 spiro atoms. The summed E-state index contributed by atoms with van der Waals surface area (Å²) in [7, 11) is 0. The van der Waals surface area contributed by atoms with E-state index >= 15 is 0 Å². The maximum Gasteiger partial charge on any atom is 0.108 e. The summed E-state index contributed by atoms with van der Waals surface area (Å²) in [6, 6.07) is 8.83. The van der Waals surface area contributed by atoms with Gasteiger partial charge in [-0.2, -0.15) is 0 Å². The van der Waals surface area contributed by atoms with Gasteiger partial charge in [0.1, 0.15) is 5.82 Å². The van der Waals surface area contributed by atoms with Crippen LogP contribution in [0.2, 0.25) is 0 Å². The third-order valence-electron chi connectivity index (χ3n) is 4.18. The summed E-state index contributed by atoms with van der Waals surface area (Å²) in [5.41, 5.74) is 2.99. The summed E-state index contributed by atoms with van der Waals surface area (Å²) in [4.78, 5) is 4.52. The van der Waals surface area contributed by atoms with E-state index in [-0.39, 0.29) is 0 Å². The number of hydrogen-bond donors (Lipinski definition) is 1. The molecule has 20 heavy (non-hydrogen) atoms. The molecule has 1 unspecified atom stereocenters. The fourth-order valence-corrected chi connectivity index (χ4v) is 3.16. The van der Waals surface area contributed by atoms with Crippen LogP contribution in [0.1, 0.15) is 42.6 Å². The first-order chi connectivity index (χ1) is 9.88. The maximum atomic E-state index is 4.52. The van der Waals surface area contributed by atoms with Gasteiger partial charge in [-0.1, -0.05) is 31.2 Å². The molecule has 2 heterocycles. The number of aryl methyl sites for hydroxylation is 2. The SMILES string of the molecule is CCCn1ccnc1CCC1CNCc2ccccc21. The normalized spacial score (nSPS) is 17.9. The lowest BCUT2D eigenvalue weighted by Gasteiger charge is -2.26. The zero-order valence-corrected chi connectivity index (χ0v) is 12.2. The minimum atomic E-state index is 0.617. The molecule has 1 aliphatic rings. The fourth-order valence-electron chi connectivity index (χ4n) is 3.16. The number of fused-ring (bicyclic) bond motifs is 1. The van der Waals surface area contributed by atoms with Gasteiger partial charge in [-0.3, -0.25) is 0 Å². The lowest BCUT2D eigenvalue weighted by molar-refractivity contribution is 0.502. The van der Waals surface area contributed by atoms with E-state index in [1.165, 1.54) is 23.4 Å². The van der Waals surface area contributed by atoms with Crippen LogP contribution in [0.3, 0.4) is 0 Å². The topological polar surface area (TPSA) is 29.9 Å². The third kappa shape index (κ3) is 2.78. The van der Waals surface area contributed by atoms with E-state index in [1.54, 1.807) is 0 Å². The minimum absolute atomic E-state index is 0.617. The predicted octanol–water partition coefficient (Wildman–Crippen LogP) is 3.11.